The van der Waals surface area contributed by atoms with Gasteiger partial charge in [-0.25, -0.2) is 4.79 Å². The lowest BCUT2D eigenvalue weighted by molar-refractivity contribution is -0.137. The Bertz CT molecular complexity index is 452. The van der Waals surface area contributed by atoms with Crippen LogP contribution in [0.15, 0.2) is 36.4 Å². The molecule has 0 aromatic heterocycles. The molecule has 0 aliphatic heterocycles. The lowest BCUT2D eigenvalue weighted by atomic mass is 10.0. The smallest absolute Gasteiger partial charge is 0.330 e. The number of carbonyl (C=O) groups excluding carboxylic acids is 1. The second kappa shape index (κ2) is 9.06. The van der Waals surface area contributed by atoms with Gasteiger partial charge in [-0.05, 0) is 43.5 Å². The molecule has 0 bridgehead atoms. The summed E-state index contributed by atoms with van der Waals surface area (Å²) < 4.78 is 10.0. The highest BCUT2D eigenvalue weighted by Gasteiger charge is 2.11. The van der Waals surface area contributed by atoms with Crippen LogP contribution in [0.5, 0.6) is 5.75 Å². The number of nitrogens with one attached hydrogen (secondary N) is 1. The number of esters is 1. The van der Waals surface area contributed by atoms with Crippen molar-refractivity contribution in [2.45, 2.75) is 33.2 Å². The lowest BCUT2D eigenvalue weighted by Gasteiger charge is -2.22. The zero-order valence-electron chi connectivity index (χ0n) is 13.3. The average molecular weight is 291 g/mol. The Morgan fingerprint density at radius 1 is 1.29 bits per heavy atom. The highest BCUT2D eigenvalue weighted by Crippen LogP contribution is 2.19. The van der Waals surface area contributed by atoms with E-state index >= 15 is 0 Å². The van der Waals surface area contributed by atoms with Crippen LogP contribution >= 0.6 is 0 Å². The van der Waals surface area contributed by atoms with E-state index in [1.807, 2.05) is 30.3 Å². The molecule has 0 spiro atoms. The van der Waals surface area contributed by atoms with Gasteiger partial charge in [0.25, 0.3) is 0 Å². The van der Waals surface area contributed by atoms with Gasteiger partial charge in [0.1, 0.15) is 5.75 Å². The third-order valence-electron chi connectivity index (χ3n) is 3.18. The molecule has 0 amide bonds. The van der Waals surface area contributed by atoms with Crippen LogP contribution in [-0.4, -0.2) is 25.7 Å². The predicted octanol–water partition coefficient (Wildman–Crippen LogP) is 3.64. The number of methoxy groups -OCH3 is 1. The Hall–Kier alpha value is -1.97. The minimum Gasteiger partial charge on any atom is -0.497 e. The maximum absolute atomic E-state index is 11.3. The minimum absolute atomic E-state index is 0.254. The molecule has 116 valence electrons. The topological polar surface area (TPSA) is 47.6 Å². The fraction of sp³-hybridized carbons (Fsp3) is 0.471. The molecule has 1 aromatic carbocycles. The molecule has 21 heavy (non-hydrogen) atoms. The van der Waals surface area contributed by atoms with E-state index in [2.05, 4.69) is 19.2 Å². The molecule has 0 unspecified atom stereocenters. The third kappa shape index (κ3) is 6.34. The zero-order chi connectivity index (χ0) is 15.7. The van der Waals surface area contributed by atoms with Gasteiger partial charge in [-0.15, -0.1) is 0 Å². The van der Waals surface area contributed by atoms with Crippen LogP contribution in [0.1, 0.15) is 27.2 Å². The number of carbonyl (C=O) groups is 1. The molecule has 1 aromatic rings. The Morgan fingerprint density at radius 3 is 2.48 bits per heavy atom. The normalized spacial score (nSPS) is 12.4. The summed E-state index contributed by atoms with van der Waals surface area (Å²) in [6.07, 6.45) is 4.12. The summed E-state index contributed by atoms with van der Waals surface area (Å²) in [6, 6.07) is 8.08. The van der Waals surface area contributed by atoms with Crippen molar-refractivity contribution in [1.29, 1.82) is 0 Å². The number of benzene rings is 1. The number of ether oxygens (including phenoxy) is 2. The van der Waals surface area contributed by atoms with Gasteiger partial charge in [0.05, 0.1) is 13.7 Å². The molecule has 0 saturated heterocycles. The monoisotopic (exact) mass is 291 g/mol. The summed E-state index contributed by atoms with van der Waals surface area (Å²) in [5, 5.41) is 3.48. The van der Waals surface area contributed by atoms with Crippen LogP contribution in [0, 0.1) is 5.92 Å². The van der Waals surface area contributed by atoms with Gasteiger partial charge in [-0.3, -0.25) is 0 Å². The summed E-state index contributed by atoms with van der Waals surface area (Å²) >= 11 is 0. The fourth-order valence-corrected chi connectivity index (χ4v) is 1.90. The molecule has 1 atom stereocenters. The molecule has 4 nitrogen and oxygen atoms in total. The number of hydrogen-bond donors (Lipinski definition) is 1. The van der Waals surface area contributed by atoms with Crippen molar-refractivity contribution in [2.75, 3.05) is 19.0 Å². The second-order valence-electron chi connectivity index (χ2n) is 5.11. The van der Waals surface area contributed by atoms with Crippen LogP contribution < -0.4 is 10.1 Å². The van der Waals surface area contributed by atoms with Crippen LogP contribution in [0.3, 0.4) is 0 Å². The Kier molecular flexibility index (Phi) is 7.37. The van der Waals surface area contributed by atoms with E-state index in [1.165, 1.54) is 6.08 Å². The predicted molar refractivity (Wildman–Crippen MR) is 85.6 cm³/mol. The van der Waals surface area contributed by atoms with Crippen LogP contribution in [0.2, 0.25) is 0 Å². The first kappa shape index (κ1) is 17.1. The van der Waals surface area contributed by atoms with Crippen molar-refractivity contribution < 1.29 is 14.3 Å². The molecule has 1 rings (SSSR count). The van der Waals surface area contributed by atoms with Gasteiger partial charge in [-0.1, -0.05) is 19.9 Å². The molecule has 0 aliphatic carbocycles. The highest BCUT2D eigenvalue weighted by molar-refractivity contribution is 5.81. The summed E-state index contributed by atoms with van der Waals surface area (Å²) in [5.74, 6) is 0.993. The van der Waals surface area contributed by atoms with E-state index in [9.17, 15) is 4.79 Å². The van der Waals surface area contributed by atoms with Crippen molar-refractivity contribution in [3.05, 3.63) is 36.4 Å². The SMILES string of the molecule is CCOC(=O)/C=C/C[C@H](Nc1ccc(OC)cc1)C(C)C. The van der Waals surface area contributed by atoms with Gasteiger partial charge in [0.15, 0.2) is 0 Å². The molecule has 1 N–H and O–H groups in total. The molecular formula is C17H25NO3. The van der Waals surface area contributed by atoms with E-state index in [0.29, 0.717) is 12.5 Å². The maximum Gasteiger partial charge on any atom is 0.330 e. The van der Waals surface area contributed by atoms with Gasteiger partial charge in [0.2, 0.25) is 0 Å². The van der Waals surface area contributed by atoms with E-state index in [4.69, 9.17) is 9.47 Å². The van der Waals surface area contributed by atoms with Crippen LogP contribution in [-0.2, 0) is 9.53 Å². The first-order chi connectivity index (χ1) is 10.1. The first-order valence-electron chi connectivity index (χ1n) is 7.30. The van der Waals surface area contributed by atoms with Crippen molar-refractivity contribution in [3.8, 4) is 5.75 Å². The molecule has 0 aliphatic rings. The fourth-order valence-electron chi connectivity index (χ4n) is 1.90. The van der Waals surface area contributed by atoms with Gasteiger partial charge in [-0.2, -0.15) is 0 Å². The van der Waals surface area contributed by atoms with Crippen LogP contribution in [0.25, 0.3) is 0 Å². The number of anilines is 1. The third-order valence-corrected chi connectivity index (χ3v) is 3.18. The van der Waals surface area contributed by atoms with Crippen molar-refractivity contribution in [1.82, 2.24) is 0 Å². The van der Waals surface area contributed by atoms with E-state index in [-0.39, 0.29) is 12.0 Å². The first-order valence-corrected chi connectivity index (χ1v) is 7.30. The molecule has 4 heteroatoms. The van der Waals surface area contributed by atoms with E-state index in [0.717, 1.165) is 17.9 Å². The Balaban J connectivity index is 2.58. The van der Waals surface area contributed by atoms with Gasteiger partial charge < -0.3 is 14.8 Å². The Labute approximate surface area is 127 Å². The lowest BCUT2D eigenvalue weighted by Crippen LogP contribution is -2.25. The van der Waals surface area contributed by atoms with E-state index in [1.54, 1.807) is 14.0 Å². The largest absolute Gasteiger partial charge is 0.497 e. The van der Waals surface area contributed by atoms with Crippen molar-refractivity contribution in [2.24, 2.45) is 5.92 Å². The van der Waals surface area contributed by atoms with Crippen molar-refractivity contribution in [3.63, 3.8) is 0 Å². The Morgan fingerprint density at radius 2 is 1.95 bits per heavy atom. The molecule has 0 saturated carbocycles. The highest BCUT2D eigenvalue weighted by atomic mass is 16.5. The standard InChI is InChI=1S/C17H25NO3/c1-5-21-17(19)8-6-7-16(13(2)3)18-14-9-11-15(20-4)12-10-14/h6,8-13,16,18H,5,7H2,1-4H3/b8-6+/t16-/m0/s1. The van der Waals surface area contributed by atoms with Crippen molar-refractivity contribution >= 4 is 11.7 Å². The molecule has 0 radical (unpaired) electrons. The van der Waals surface area contributed by atoms with E-state index < -0.39 is 0 Å². The number of hydrogen-bond acceptors (Lipinski definition) is 4. The zero-order valence-corrected chi connectivity index (χ0v) is 13.3. The molecule has 0 heterocycles. The summed E-state index contributed by atoms with van der Waals surface area (Å²) in [7, 11) is 1.65. The number of rotatable bonds is 8. The summed E-state index contributed by atoms with van der Waals surface area (Å²) in [6.45, 7) is 6.51. The summed E-state index contributed by atoms with van der Waals surface area (Å²) in [5.41, 5.74) is 1.04. The van der Waals surface area contributed by atoms with Crippen LogP contribution in [0.4, 0.5) is 5.69 Å². The molecular weight excluding hydrogens is 266 g/mol. The van der Waals surface area contributed by atoms with Gasteiger partial charge in [0, 0.05) is 17.8 Å². The summed E-state index contributed by atoms with van der Waals surface area (Å²) in [4.78, 5) is 11.3. The minimum atomic E-state index is -0.288. The average Bonchev–Trinajstić information content (AvgIpc) is 2.47. The second-order valence-corrected chi connectivity index (χ2v) is 5.11. The quantitative estimate of drug-likeness (QED) is 0.587. The van der Waals surface area contributed by atoms with Gasteiger partial charge >= 0.3 is 5.97 Å². The molecule has 0 fully saturated rings. The maximum atomic E-state index is 11.3.